The zero-order chi connectivity index (χ0) is 23.5. The number of furan rings is 1. The van der Waals surface area contributed by atoms with Crippen molar-refractivity contribution in [2.45, 2.75) is 19.3 Å². The second-order valence-electron chi connectivity index (χ2n) is 6.64. The highest BCUT2D eigenvalue weighted by atomic mass is 32.2. The number of thioether (sulfide) groups is 1. The van der Waals surface area contributed by atoms with Crippen molar-refractivity contribution in [3.63, 3.8) is 0 Å². The molecule has 1 aromatic heterocycles. The molecule has 3 aromatic rings. The SMILES string of the molecule is CCOc1cc(C=NN=C(N)SCc2ccccc2)ccc1OCc1ccc(C(=O)OC)o1. The van der Waals surface area contributed by atoms with Crippen molar-refractivity contribution in [3.05, 3.63) is 83.3 Å². The summed E-state index contributed by atoms with van der Waals surface area (Å²) in [5.41, 5.74) is 7.87. The van der Waals surface area contributed by atoms with E-state index in [0.29, 0.717) is 29.0 Å². The minimum Gasteiger partial charge on any atom is -0.490 e. The van der Waals surface area contributed by atoms with Gasteiger partial charge in [0, 0.05) is 5.75 Å². The van der Waals surface area contributed by atoms with E-state index in [2.05, 4.69) is 14.9 Å². The van der Waals surface area contributed by atoms with Gasteiger partial charge in [-0.3, -0.25) is 0 Å². The summed E-state index contributed by atoms with van der Waals surface area (Å²) >= 11 is 1.42. The Bertz CT molecular complexity index is 1110. The fraction of sp³-hybridized carbons (Fsp3) is 0.208. The van der Waals surface area contributed by atoms with Crippen LogP contribution in [-0.2, 0) is 17.1 Å². The Morgan fingerprint density at radius 2 is 1.91 bits per heavy atom. The molecule has 0 fully saturated rings. The van der Waals surface area contributed by atoms with E-state index in [1.54, 1.807) is 24.4 Å². The summed E-state index contributed by atoms with van der Waals surface area (Å²) in [6.45, 7) is 2.48. The molecule has 0 radical (unpaired) electrons. The number of amidine groups is 1. The summed E-state index contributed by atoms with van der Waals surface area (Å²) in [5.74, 6) is 1.88. The zero-order valence-electron chi connectivity index (χ0n) is 18.4. The first-order valence-corrected chi connectivity index (χ1v) is 11.2. The summed E-state index contributed by atoms with van der Waals surface area (Å²) in [6.07, 6.45) is 1.59. The maximum Gasteiger partial charge on any atom is 0.373 e. The number of carbonyl (C=O) groups excluding carboxylic acids is 1. The van der Waals surface area contributed by atoms with Crippen LogP contribution < -0.4 is 15.2 Å². The van der Waals surface area contributed by atoms with Gasteiger partial charge >= 0.3 is 5.97 Å². The Morgan fingerprint density at radius 1 is 1.09 bits per heavy atom. The van der Waals surface area contributed by atoms with E-state index in [0.717, 1.165) is 16.9 Å². The Kier molecular flexibility index (Phi) is 8.96. The third kappa shape index (κ3) is 7.43. The van der Waals surface area contributed by atoms with Crippen molar-refractivity contribution in [1.29, 1.82) is 0 Å². The molecular weight excluding hydrogens is 442 g/mol. The number of rotatable bonds is 10. The topological polar surface area (TPSA) is 109 Å². The lowest BCUT2D eigenvalue weighted by Crippen LogP contribution is -2.06. The van der Waals surface area contributed by atoms with Gasteiger partial charge in [0.05, 0.1) is 19.9 Å². The number of carbonyl (C=O) groups is 1. The van der Waals surface area contributed by atoms with Crippen LogP contribution in [0, 0.1) is 0 Å². The first-order valence-electron chi connectivity index (χ1n) is 10.2. The van der Waals surface area contributed by atoms with Gasteiger partial charge in [-0.2, -0.15) is 5.10 Å². The first kappa shape index (κ1) is 23.9. The molecule has 0 amide bonds. The van der Waals surface area contributed by atoms with Crippen molar-refractivity contribution in [2.75, 3.05) is 13.7 Å². The Morgan fingerprint density at radius 3 is 2.67 bits per heavy atom. The van der Waals surface area contributed by atoms with E-state index in [1.165, 1.54) is 24.9 Å². The van der Waals surface area contributed by atoms with E-state index >= 15 is 0 Å². The molecule has 2 aromatic carbocycles. The number of esters is 1. The molecular formula is C24H25N3O5S. The van der Waals surface area contributed by atoms with E-state index in [-0.39, 0.29) is 12.4 Å². The van der Waals surface area contributed by atoms with Crippen molar-refractivity contribution >= 4 is 29.1 Å². The van der Waals surface area contributed by atoms with Crippen LogP contribution in [0.4, 0.5) is 0 Å². The van der Waals surface area contributed by atoms with Gasteiger partial charge in [0.15, 0.2) is 16.7 Å². The summed E-state index contributed by atoms with van der Waals surface area (Å²) in [4.78, 5) is 11.5. The van der Waals surface area contributed by atoms with E-state index in [1.807, 2.05) is 43.3 Å². The van der Waals surface area contributed by atoms with Crippen LogP contribution in [0.1, 0.15) is 34.4 Å². The number of ether oxygens (including phenoxy) is 3. The minimum absolute atomic E-state index is 0.120. The largest absolute Gasteiger partial charge is 0.490 e. The number of hydrogen-bond donors (Lipinski definition) is 1. The molecule has 0 unspecified atom stereocenters. The van der Waals surface area contributed by atoms with E-state index in [9.17, 15) is 4.79 Å². The first-order chi connectivity index (χ1) is 16.1. The number of methoxy groups -OCH3 is 1. The maximum absolute atomic E-state index is 11.5. The summed E-state index contributed by atoms with van der Waals surface area (Å²) in [7, 11) is 1.30. The molecule has 0 aliphatic heterocycles. The lowest BCUT2D eigenvalue weighted by Gasteiger charge is -2.11. The van der Waals surface area contributed by atoms with Crippen LogP contribution in [0.2, 0.25) is 0 Å². The summed E-state index contributed by atoms with van der Waals surface area (Å²) in [6, 6.07) is 18.6. The number of hydrogen-bond acceptors (Lipinski definition) is 8. The van der Waals surface area contributed by atoms with Crippen LogP contribution in [0.25, 0.3) is 0 Å². The highest BCUT2D eigenvalue weighted by Gasteiger charge is 2.12. The van der Waals surface area contributed by atoms with Crippen molar-refractivity contribution in [2.24, 2.45) is 15.9 Å². The van der Waals surface area contributed by atoms with Gasteiger partial charge in [0.1, 0.15) is 12.4 Å². The molecule has 0 aliphatic carbocycles. The lowest BCUT2D eigenvalue weighted by atomic mass is 10.2. The molecule has 0 spiro atoms. The van der Waals surface area contributed by atoms with E-state index in [4.69, 9.17) is 19.6 Å². The number of nitrogens with two attached hydrogens (primary N) is 1. The minimum atomic E-state index is -0.540. The molecule has 33 heavy (non-hydrogen) atoms. The molecule has 0 saturated carbocycles. The van der Waals surface area contributed by atoms with Gasteiger partial charge in [-0.05, 0) is 48.4 Å². The van der Waals surface area contributed by atoms with Gasteiger partial charge in [0.25, 0.3) is 0 Å². The Labute approximate surface area is 196 Å². The smallest absolute Gasteiger partial charge is 0.373 e. The molecule has 0 bridgehead atoms. The fourth-order valence-corrected chi connectivity index (χ4v) is 3.33. The monoisotopic (exact) mass is 467 g/mol. The normalized spacial score (nSPS) is 11.5. The van der Waals surface area contributed by atoms with Crippen LogP contribution in [0.15, 0.2) is 75.3 Å². The zero-order valence-corrected chi connectivity index (χ0v) is 19.2. The molecule has 9 heteroatoms. The van der Waals surface area contributed by atoms with E-state index < -0.39 is 5.97 Å². The van der Waals surface area contributed by atoms with Gasteiger partial charge in [-0.1, -0.05) is 42.1 Å². The molecule has 2 N–H and O–H groups in total. The van der Waals surface area contributed by atoms with Gasteiger partial charge in [0.2, 0.25) is 5.76 Å². The van der Waals surface area contributed by atoms with Gasteiger partial charge in [-0.25, -0.2) is 4.79 Å². The van der Waals surface area contributed by atoms with Crippen molar-refractivity contribution in [3.8, 4) is 11.5 Å². The molecule has 1 heterocycles. The van der Waals surface area contributed by atoms with Gasteiger partial charge < -0.3 is 24.4 Å². The van der Waals surface area contributed by atoms with Crippen molar-refractivity contribution < 1.29 is 23.4 Å². The molecule has 0 saturated heterocycles. The molecule has 0 aliphatic rings. The van der Waals surface area contributed by atoms with Crippen LogP contribution in [-0.4, -0.2) is 31.1 Å². The summed E-state index contributed by atoms with van der Waals surface area (Å²) in [5, 5.41) is 8.48. The molecule has 172 valence electrons. The number of benzene rings is 2. The third-order valence-corrected chi connectivity index (χ3v) is 5.13. The standard InChI is InChI=1S/C24H25N3O5S/c1-3-30-22-13-18(14-26-27-24(25)33-16-17-7-5-4-6-8-17)9-11-20(22)31-15-19-10-12-21(32-19)23(28)29-2/h4-14H,3,15-16H2,1-2H3,(H2,25,27). The highest BCUT2D eigenvalue weighted by Crippen LogP contribution is 2.29. The van der Waals surface area contributed by atoms with Crippen LogP contribution >= 0.6 is 11.8 Å². The molecule has 3 rings (SSSR count). The Balaban J connectivity index is 1.60. The van der Waals surface area contributed by atoms with Crippen LogP contribution in [0.5, 0.6) is 11.5 Å². The average Bonchev–Trinajstić information content (AvgIpc) is 3.32. The summed E-state index contributed by atoms with van der Waals surface area (Å²) < 4.78 is 21.5. The molecule has 8 nitrogen and oxygen atoms in total. The second kappa shape index (κ2) is 12.4. The predicted octanol–water partition coefficient (Wildman–Crippen LogP) is 4.63. The Hall–Kier alpha value is -3.72. The lowest BCUT2D eigenvalue weighted by molar-refractivity contribution is 0.0561. The fourth-order valence-electron chi connectivity index (χ4n) is 2.72. The molecule has 0 atom stereocenters. The third-order valence-electron chi connectivity index (χ3n) is 4.28. The quantitative estimate of drug-likeness (QED) is 0.200. The van der Waals surface area contributed by atoms with Crippen molar-refractivity contribution in [1.82, 2.24) is 0 Å². The average molecular weight is 468 g/mol. The predicted molar refractivity (Wildman–Crippen MR) is 129 cm³/mol. The maximum atomic E-state index is 11.5. The highest BCUT2D eigenvalue weighted by molar-refractivity contribution is 8.13. The van der Waals surface area contributed by atoms with Gasteiger partial charge in [-0.15, -0.1) is 5.10 Å². The van der Waals surface area contributed by atoms with Crippen LogP contribution in [0.3, 0.4) is 0 Å². The second-order valence-corrected chi connectivity index (χ2v) is 7.64. The number of nitrogens with zero attached hydrogens (tertiary/aromatic N) is 2.